The number of sulfonamides is 1. The van der Waals surface area contributed by atoms with E-state index in [1.807, 2.05) is 23.8 Å². The highest BCUT2D eigenvalue weighted by molar-refractivity contribution is 7.90. The summed E-state index contributed by atoms with van der Waals surface area (Å²) in [5, 5.41) is 2.96. The molecule has 2 N–H and O–H groups in total. The summed E-state index contributed by atoms with van der Waals surface area (Å²) in [6.45, 7) is 3.02. The van der Waals surface area contributed by atoms with Gasteiger partial charge in [0.2, 0.25) is 11.8 Å². The Hall–Kier alpha value is -3.20. The summed E-state index contributed by atoms with van der Waals surface area (Å²) in [6, 6.07) is 11.9. The van der Waals surface area contributed by atoms with Crippen molar-refractivity contribution in [1.29, 1.82) is 0 Å². The lowest BCUT2D eigenvalue weighted by atomic mass is 10.2. The van der Waals surface area contributed by atoms with Crippen molar-refractivity contribution >= 4 is 39.1 Å². The zero-order valence-electron chi connectivity index (χ0n) is 15.3. The van der Waals surface area contributed by atoms with Crippen molar-refractivity contribution in [3.05, 3.63) is 54.1 Å². The Kier molecular flexibility index (Phi) is 5.19. The number of amides is 3. The van der Waals surface area contributed by atoms with E-state index >= 15 is 0 Å². The number of rotatable bonds is 5. The minimum Gasteiger partial charge on any atom is -0.373 e. The molecular formula is C19H19N3O5S. The fourth-order valence-corrected chi connectivity index (χ4v) is 3.88. The van der Waals surface area contributed by atoms with Gasteiger partial charge < -0.3 is 5.32 Å². The van der Waals surface area contributed by atoms with E-state index in [0.29, 0.717) is 11.4 Å². The standard InChI is InChI=1S/C19H19N3O5S/c1-12-3-7-15(8-4-12)22-18(24)11-17(19(22)25)20-14-5-9-16(10-6-14)28(26,27)21-13(2)23/h3-10,17,20H,11H2,1-2H3,(H,21,23)/t17-/m1/s1. The smallest absolute Gasteiger partial charge is 0.264 e. The third kappa shape index (κ3) is 4.04. The molecule has 1 aliphatic rings. The number of anilines is 2. The number of hydrogen-bond donors (Lipinski definition) is 2. The van der Waals surface area contributed by atoms with Gasteiger partial charge in [0.05, 0.1) is 17.0 Å². The second-order valence-electron chi connectivity index (χ2n) is 6.49. The first-order chi connectivity index (χ1) is 13.2. The van der Waals surface area contributed by atoms with Crippen LogP contribution in [0.5, 0.6) is 0 Å². The largest absolute Gasteiger partial charge is 0.373 e. The molecule has 1 heterocycles. The van der Waals surface area contributed by atoms with Crippen LogP contribution in [0.25, 0.3) is 0 Å². The van der Waals surface area contributed by atoms with Gasteiger partial charge in [0, 0.05) is 12.6 Å². The van der Waals surface area contributed by atoms with Crippen molar-refractivity contribution in [1.82, 2.24) is 4.72 Å². The quantitative estimate of drug-likeness (QED) is 0.736. The van der Waals surface area contributed by atoms with Crippen molar-refractivity contribution in [2.75, 3.05) is 10.2 Å². The fourth-order valence-electron chi connectivity index (χ4n) is 2.89. The maximum absolute atomic E-state index is 12.7. The number of benzene rings is 2. The summed E-state index contributed by atoms with van der Waals surface area (Å²) in [5.41, 5.74) is 2.02. The Balaban J connectivity index is 1.74. The first kappa shape index (κ1) is 19.6. The molecule has 0 aromatic heterocycles. The fraction of sp³-hybridized carbons (Fsp3) is 0.211. The summed E-state index contributed by atoms with van der Waals surface area (Å²) in [6.07, 6.45) is -0.00134. The summed E-state index contributed by atoms with van der Waals surface area (Å²) >= 11 is 0. The molecule has 0 spiro atoms. The normalized spacial score (nSPS) is 16.9. The van der Waals surface area contributed by atoms with Gasteiger partial charge in [-0.15, -0.1) is 0 Å². The molecule has 1 fully saturated rings. The zero-order valence-corrected chi connectivity index (χ0v) is 16.1. The molecule has 1 aliphatic heterocycles. The van der Waals surface area contributed by atoms with Crippen LogP contribution in [0.15, 0.2) is 53.4 Å². The number of hydrogen-bond acceptors (Lipinski definition) is 6. The van der Waals surface area contributed by atoms with Crippen molar-refractivity contribution < 1.29 is 22.8 Å². The average Bonchev–Trinajstić information content (AvgIpc) is 2.89. The van der Waals surface area contributed by atoms with Gasteiger partial charge >= 0.3 is 0 Å². The minimum absolute atomic E-state index is 0.00134. The molecule has 0 radical (unpaired) electrons. The Bertz CT molecular complexity index is 1030. The molecule has 2 aromatic carbocycles. The first-order valence-corrected chi connectivity index (χ1v) is 9.99. The van der Waals surface area contributed by atoms with Crippen LogP contribution in [0.4, 0.5) is 11.4 Å². The number of nitrogens with zero attached hydrogens (tertiary/aromatic N) is 1. The van der Waals surface area contributed by atoms with Gasteiger partial charge in [-0.1, -0.05) is 17.7 Å². The number of aryl methyl sites for hydroxylation is 1. The second kappa shape index (κ2) is 7.43. The van der Waals surface area contributed by atoms with Crippen LogP contribution in [0.1, 0.15) is 18.9 Å². The van der Waals surface area contributed by atoms with Gasteiger partial charge in [-0.2, -0.15) is 0 Å². The molecule has 28 heavy (non-hydrogen) atoms. The number of carbonyl (C=O) groups is 3. The summed E-state index contributed by atoms with van der Waals surface area (Å²) in [7, 11) is -3.93. The van der Waals surface area contributed by atoms with Crippen molar-refractivity contribution in [3.8, 4) is 0 Å². The van der Waals surface area contributed by atoms with Gasteiger partial charge in [0.15, 0.2) is 0 Å². The minimum atomic E-state index is -3.93. The predicted octanol–water partition coefficient (Wildman–Crippen LogP) is 1.56. The summed E-state index contributed by atoms with van der Waals surface area (Å²) < 4.78 is 25.8. The lowest BCUT2D eigenvalue weighted by Crippen LogP contribution is -2.34. The molecule has 9 heteroatoms. The predicted molar refractivity (Wildman–Crippen MR) is 103 cm³/mol. The van der Waals surface area contributed by atoms with Gasteiger partial charge in [-0.3, -0.25) is 14.4 Å². The van der Waals surface area contributed by atoms with E-state index in [0.717, 1.165) is 17.4 Å². The van der Waals surface area contributed by atoms with Crippen molar-refractivity contribution in [2.45, 2.75) is 31.2 Å². The van der Waals surface area contributed by atoms with Crippen LogP contribution in [0.2, 0.25) is 0 Å². The summed E-state index contributed by atoms with van der Waals surface area (Å²) in [4.78, 5) is 37.0. The number of imide groups is 1. The van der Waals surface area contributed by atoms with Gasteiger partial charge in [-0.05, 0) is 43.3 Å². The molecular weight excluding hydrogens is 382 g/mol. The zero-order chi connectivity index (χ0) is 20.5. The third-order valence-electron chi connectivity index (χ3n) is 4.22. The Morgan fingerprint density at radius 3 is 2.21 bits per heavy atom. The molecule has 146 valence electrons. The highest BCUT2D eigenvalue weighted by atomic mass is 32.2. The Labute approximate surface area is 162 Å². The SMILES string of the molecule is CC(=O)NS(=O)(=O)c1ccc(N[C@@H]2CC(=O)N(c3ccc(C)cc3)C2=O)cc1. The maximum atomic E-state index is 12.7. The average molecular weight is 401 g/mol. The van der Waals surface area contributed by atoms with Crippen molar-refractivity contribution in [2.24, 2.45) is 0 Å². The molecule has 0 bridgehead atoms. The van der Waals surface area contributed by atoms with Gasteiger partial charge in [0.1, 0.15) is 6.04 Å². The van der Waals surface area contributed by atoms with E-state index < -0.39 is 22.0 Å². The molecule has 8 nitrogen and oxygen atoms in total. The number of carbonyl (C=O) groups excluding carboxylic acids is 3. The van der Waals surface area contributed by atoms with Crippen LogP contribution >= 0.6 is 0 Å². The molecule has 3 amide bonds. The lowest BCUT2D eigenvalue weighted by Gasteiger charge is -2.16. The third-order valence-corrected chi connectivity index (χ3v) is 5.67. The van der Waals surface area contributed by atoms with Crippen molar-refractivity contribution in [3.63, 3.8) is 0 Å². The monoisotopic (exact) mass is 401 g/mol. The van der Waals surface area contributed by atoms with E-state index in [-0.39, 0.29) is 23.1 Å². The summed E-state index contributed by atoms with van der Waals surface area (Å²) in [5.74, 6) is -1.37. The Morgan fingerprint density at radius 1 is 1.04 bits per heavy atom. The van der Waals surface area contributed by atoms with E-state index in [2.05, 4.69) is 5.32 Å². The molecule has 2 aromatic rings. The molecule has 1 atom stereocenters. The van der Waals surface area contributed by atoms with Crippen LogP contribution in [0, 0.1) is 6.92 Å². The van der Waals surface area contributed by atoms with E-state index in [1.165, 1.54) is 24.3 Å². The van der Waals surface area contributed by atoms with Crippen LogP contribution in [0.3, 0.4) is 0 Å². The molecule has 0 saturated carbocycles. The molecule has 1 saturated heterocycles. The van der Waals surface area contributed by atoms with Crippen LogP contribution < -0.4 is 14.9 Å². The molecule has 3 rings (SSSR count). The topological polar surface area (TPSA) is 113 Å². The highest BCUT2D eigenvalue weighted by Crippen LogP contribution is 2.25. The number of nitrogens with one attached hydrogen (secondary N) is 2. The van der Waals surface area contributed by atoms with E-state index in [1.54, 1.807) is 12.1 Å². The highest BCUT2D eigenvalue weighted by Gasteiger charge is 2.39. The van der Waals surface area contributed by atoms with Gasteiger partial charge in [0.25, 0.3) is 15.9 Å². The first-order valence-electron chi connectivity index (χ1n) is 8.51. The second-order valence-corrected chi connectivity index (χ2v) is 8.17. The molecule has 0 aliphatic carbocycles. The maximum Gasteiger partial charge on any atom is 0.264 e. The van der Waals surface area contributed by atoms with Crippen LogP contribution in [-0.4, -0.2) is 32.2 Å². The van der Waals surface area contributed by atoms with Crippen LogP contribution in [-0.2, 0) is 24.4 Å². The van der Waals surface area contributed by atoms with Gasteiger partial charge in [-0.25, -0.2) is 18.0 Å². The lowest BCUT2D eigenvalue weighted by molar-refractivity contribution is -0.121. The molecule has 0 unspecified atom stereocenters. The van der Waals surface area contributed by atoms with E-state index in [4.69, 9.17) is 0 Å². The Morgan fingerprint density at radius 2 is 1.64 bits per heavy atom. The van der Waals surface area contributed by atoms with E-state index in [9.17, 15) is 22.8 Å².